The van der Waals surface area contributed by atoms with E-state index in [4.69, 9.17) is 0 Å². The van der Waals surface area contributed by atoms with E-state index in [-0.39, 0.29) is 0 Å². The van der Waals surface area contributed by atoms with Crippen molar-refractivity contribution in [3.63, 3.8) is 0 Å². The third-order valence-electron chi connectivity index (χ3n) is 9.09. The molecule has 0 aliphatic carbocycles. The monoisotopic (exact) mass is 588 g/mol. The van der Waals surface area contributed by atoms with Crippen molar-refractivity contribution >= 4 is 40.9 Å². The topological polar surface area (TPSA) is 0 Å². The van der Waals surface area contributed by atoms with E-state index < -0.39 is 8.07 Å². The lowest BCUT2D eigenvalue weighted by Gasteiger charge is -2.45. The fraction of sp³-hybridized carbons (Fsp3) is 0. The molecule has 212 valence electrons. The molecule has 0 saturated carbocycles. The van der Waals surface area contributed by atoms with E-state index in [1.165, 1.54) is 65.3 Å². The summed E-state index contributed by atoms with van der Waals surface area (Å²) >= 11 is 0. The molecule has 6 aromatic rings. The van der Waals surface area contributed by atoms with Crippen molar-refractivity contribution in [3.05, 3.63) is 227 Å². The van der Waals surface area contributed by atoms with Crippen molar-refractivity contribution in [2.75, 3.05) is 0 Å². The summed E-state index contributed by atoms with van der Waals surface area (Å²) in [7, 11) is -2.81. The zero-order chi connectivity index (χ0) is 30.1. The maximum atomic E-state index is 2.48. The van der Waals surface area contributed by atoms with E-state index in [0.717, 1.165) is 0 Å². The number of hydrogen-bond donors (Lipinski definition) is 0. The highest BCUT2D eigenvalue weighted by atomic mass is 28.3. The van der Waals surface area contributed by atoms with Crippen molar-refractivity contribution < 1.29 is 0 Å². The quantitative estimate of drug-likeness (QED) is 0.170. The molecule has 0 aromatic heterocycles. The minimum absolute atomic E-state index is 1.23. The van der Waals surface area contributed by atoms with Gasteiger partial charge in [-0.1, -0.05) is 194 Å². The molecule has 0 radical (unpaired) electrons. The Hall–Kier alpha value is -5.50. The van der Waals surface area contributed by atoms with Crippen LogP contribution in [-0.2, 0) is 0 Å². The van der Waals surface area contributed by atoms with Gasteiger partial charge in [0.05, 0.1) is 0 Å². The lowest BCUT2D eigenvalue weighted by atomic mass is 9.89. The van der Waals surface area contributed by atoms with E-state index in [1.807, 2.05) is 0 Å². The summed E-state index contributed by atoms with van der Waals surface area (Å²) in [6.45, 7) is 0. The summed E-state index contributed by atoms with van der Waals surface area (Å²) in [5.74, 6) is 0. The Labute approximate surface area is 266 Å². The molecule has 0 atom stereocenters. The predicted molar refractivity (Wildman–Crippen MR) is 194 cm³/mol. The second-order valence-corrected chi connectivity index (χ2v) is 15.3. The molecule has 8 rings (SSSR count). The highest BCUT2D eigenvalue weighted by Gasteiger charge is 2.59. The van der Waals surface area contributed by atoms with Crippen LogP contribution in [0.1, 0.15) is 33.4 Å². The first-order valence-corrected chi connectivity index (χ1v) is 17.6. The van der Waals surface area contributed by atoms with Crippen LogP contribution in [0.25, 0.3) is 32.8 Å². The standard InChI is InChI=1S/C44H32Si/c1-7-19-33(20-8-1)31-39-32-40(34-21-9-2-10-22-34)45(39)43(37-27-15-5-16-28-37)41(35-23-11-3-12-24-35)42(36-25-13-4-14-26-36)44(45)38-29-17-6-18-30-38/h1-32H/b39-31+. The van der Waals surface area contributed by atoms with E-state index >= 15 is 0 Å². The zero-order valence-corrected chi connectivity index (χ0v) is 26.0. The molecule has 0 bridgehead atoms. The van der Waals surface area contributed by atoms with Crippen LogP contribution in [0, 0.1) is 0 Å². The van der Waals surface area contributed by atoms with Gasteiger partial charge in [0.15, 0.2) is 8.07 Å². The smallest absolute Gasteiger partial charge is 0.0622 e. The Balaban J connectivity index is 1.60. The number of allylic oxidation sites excluding steroid dienone is 4. The van der Waals surface area contributed by atoms with Gasteiger partial charge < -0.3 is 0 Å². The first-order chi connectivity index (χ1) is 22.4. The minimum Gasteiger partial charge on any atom is -0.0622 e. The van der Waals surface area contributed by atoms with Gasteiger partial charge >= 0.3 is 0 Å². The van der Waals surface area contributed by atoms with Gasteiger partial charge in [-0.25, -0.2) is 0 Å². The summed E-state index contributed by atoms with van der Waals surface area (Å²) in [4.78, 5) is 0. The summed E-state index contributed by atoms with van der Waals surface area (Å²) < 4.78 is 0. The molecule has 6 aromatic carbocycles. The molecular weight excluding hydrogens is 557 g/mol. The van der Waals surface area contributed by atoms with Gasteiger partial charge in [-0.3, -0.25) is 0 Å². The average molecular weight is 589 g/mol. The molecular formula is C44H32Si. The van der Waals surface area contributed by atoms with Crippen LogP contribution in [0.15, 0.2) is 193 Å². The Morgan fingerprint density at radius 2 is 0.667 bits per heavy atom. The molecule has 45 heavy (non-hydrogen) atoms. The number of benzene rings is 6. The lowest BCUT2D eigenvalue weighted by molar-refractivity contribution is 1.57. The second-order valence-electron chi connectivity index (χ2n) is 11.6. The van der Waals surface area contributed by atoms with Gasteiger partial charge in [-0.15, -0.1) is 0 Å². The summed E-state index contributed by atoms with van der Waals surface area (Å²) in [5.41, 5.74) is 10.3. The van der Waals surface area contributed by atoms with Crippen molar-refractivity contribution in [1.82, 2.24) is 0 Å². The molecule has 1 spiro atoms. The zero-order valence-electron chi connectivity index (χ0n) is 25.0. The third kappa shape index (κ3) is 4.52. The van der Waals surface area contributed by atoms with Gasteiger partial charge in [0.25, 0.3) is 0 Å². The fourth-order valence-electron chi connectivity index (χ4n) is 7.27. The highest BCUT2D eigenvalue weighted by molar-refractivity contribution is 7.32. The second kappa shape index (κ2) is 11.5. The average Bonchev–Trinajstić information content (AvgIpc) is 3.47. The van der Waals surface area contributed by atoms with Crippen LogP contribution in [0.4, 0.5) is 0 Å². The van der Waals surface area contributed by atoms with Gasteiger partial charge in [0, 0.05) is 0 Å². The first-order valence-electron chi connectivity index (χ1n) is 15.6. The number of hydrogen-bond acceptors (Lipinski definition) is 0. The van der Waals surface area contributed by atoms with E-state index in [0.29, 0.717) is 0 Å². The molecule has 2 aliphatic heterocycles. The van der Waals surface area contributed by atoms with Crippen molar-refractivity contribution in [2.45, 2.75) is 0 Å². The molecule has 0 N–H and O–H groups in total. The highest BCUT2D eigenvalue weighted by Crippen LogP contribution is 2.65. The maximum Gasteiger partial charge on any atom is 0.182 e. The normalized spacial score (nSPS) is 16.2. The van der Waals surface area contributed by atoms with Crippen molar-refractivity contribution in [2.24, 2.45) is 0 Å². The van der Waals surface area contributed by atoms with Gasteiger partial charge in [-0.2, -0.15) is 0 Å². The molecule has 0 unspecified atom stereocenters. The maximum absolute atomic E-state index is 2.81. The largest absolute Gasteiger partial charge is 0.182 e. The molecule has 2 aliphatic rings. The Kier molecular flexibility index (Phi) is 6.94. The van der Waals surface area contributed by atoms with Crippen LogP contribution in [-0.4, -0.2) is 8.07 Å². The predicted octanol–water partition coefficient (Wildman–Crippen LogP) is 11.0. The van der Waals surface area contributed by atoms with Crippen LogP contribution >= 0.6 is 0 Å². The van der Waals surface area contributed by atoms with Crippen LogP contribution in [0.2, 0.25) is 0 Å². The van der Waals surface area contributed by atoms with Crippen LogP contribution in [0.3, 0.4) is 0 Å². The van der Waals surface area contributed by atoms with E-state index in [2.05, 4.69) is 194 Å². The Morgan fingerprint density at radius 3 is 1.07 bits per heavy atom. The van der Waals surface area contributed by atoms with Crippen LogP contribution in [0.5, 0.6) is 0 Å². The number of rotatable bonds is 6. The van der Waals surface area contributed by atoms with Gasteiger partial charge in [-0.05, 0) is 65.3 Å². The fourth-order valence-corrected chi connectivity index (χ4v) is 12.9. The van der Waals surface area contributed by atoms with Crippen LogP contribution < -0.4 is 0 Å². The molecule has 2 heterocycles. The lowest BCUT2D eigenvalue weighted by Crippen LogP contribution is -2.47. The third-order valence-corrected chi connectivity index (χ3v) is 14.1. The molecule has 0 amide bonds. The summed E-state index contributed by atoms with van der Waals surface area (Å²) in [6, 6.07) is 66.4. The van der Waals surface area contributed by atoms with E-state index in [1.54, 1.807) is 0 Å². The van der Waals surface area contributed by atoms with Crippen molar-refractivity contribution in [1.29, 1.82) is 0 Å². The molecule has 0 fully saturated rings. The van der Waals surface area contributed by atoms with Crippen molar-refractivity contribution in [3.8, 4) is 0 Å². The summed E-state index contributed by atoms with van der Waals surface area (Å²) in [5, 5.41) is 5.83. The van der Waals surface area contributed by atoms with Gasteiger partial charge in [0.1, 0.15) is 0 Å². The summed E-state index contributed by atoms with van der Waals surface area (Å²) in [6.07, 6.45) is 4.94. The molecule has 0 saturated heterocycles. The minimum atomic E-state index is -2.81. The molecule has 0 nitrogen and oxygen atoms in total. The molecule has 1 heteroatoms. The van der Waals surface area contributed by atoms with E-state index in [9.17, 15) is 0 Å². The first kappa shape index (κ1) is 27.1. The Morgan fingerprint density at radius 1 is 0.333 bits per heavy atom. The van der Waals surface area contributed by atoms with Gasteiger partial charge in [0.2, 0.25) is 0 Å². The SMILES string of the molecule is C1=C(c2ccccc2)[Si]2(C(c3ccccc3)=C(c3ccccc3)C(c3ccccc3)=C2c2ccccc2)/C1=C/c1ccccc1. The Bertz CT molecular complexity index is 1990.